The third-order valence-corrected chi connectivity index (χ3v) is 2.33. The van der Waals surface area contributed by atoms with E-state index in [1.807, 2.05) is 19.1 Å². The molecule has 4 nitrogen and oxygen atoms in total. The van der Waals surface area contributed by atoms with E-state index in [2.05, 4.69) is 11.9 Å². The molecule has 0 amide bonds. The number of nitrogens with one attached hydrogen (secondary N) is 1. The number of carbonyl (C=O) groups is 1. The Balaban J connectivity index is 2.31. The van der Waals surface area contributed by atoms with E-state index < -0.39 is 5.97 Å². The average Bonchev–Trinajstić information content (AvgIpc) is 2.33. The SMILES string of the molecule is C=C(C)COCCNCc1ccccc1C(=O)O. The second-order valence-corrected chi connectivity index (χ2v) is 4.15. The van der Waals surface area contributed by atoms with Crippen LogP contribution in [-0.2, 0) is 11.3 Å². The van der Waals surface area contributed by atoms with Crippen LogP contribution in [0.5, 0.6) is 0 Å². The van der Waals surface area contributed by atoms with Crippen LogP contribution in [0.4, 0.5) is 0 Å². The van der Waals surface area contributed by atoms with Crippen LogP contribution in [0.25, 0.3) is 0 Å². The summed E-state index contributed by atoms with van der Waals surface area (Å²) in [4.78, 5) is 11.0. The van der Waals surface area contributed by atoms with Crippen molar-refractivity contribution in [1.29, 1.82) is 0 Å². The number of hydrogen-bond acceptors (Lipinski definition) is 3. The van der Waals surface area contributed by atoms with E-state index in [-0.39, 0.29) is 0 Å². The number of benzene rings is 1. The molecule has 1 aromatic carbocycles. The van der Waals surface area contributed by atoms with Crippen LogP contribution in [0, 0.1) is 0 Å². The van der Waals surface area contributed by atoms with Gasteiger partial charge in [0.2, 0.25) is 0 Å². The van der Waals surface area contributed by atoms with Crippen molar-refractivity contribution in [2.75, 3.05) is 19.8 Å². The third-order valence-electron chi connectivity index (χ3n) is 2.33. The maximum atomic E-state index is 11.0. The minimum absolute atomic E-state index is 0.341. The van der Waals surface area contributed by atoms with Crippen molar-refractivity contribution >= 4 is 5.97 Å². The predicted octanol–water partition coefficient (Wildman–Crippen LogP) is 2.07. The summed E-state index contributed by atoms with van der Waals surface area (Å²) in [7, 11) is 0. The summed E-state index contributed by atoms with van der Waals surface area (Å²) in [6.45, 7) is 8.01. The second kappa shape index (κ2) is 7.63. The number of rotatable bonds is 8. The summed E-state index contributed by atoms with van der Waals surface area (Å²) in [5.74, 6) is -0.897. The molecule has 18 heavy (non-hydrogen) atoms. The van der Waals surface area contributed by atoms with E-state index in [1.54, 1.807) is 12.1 Å². The zero-order valence-electron chi connectivity index (χ0n) is 10.6. The molecule has 1 aromatic rings. The van der Waals surface area contributed by atoms with Crippen LogP contribution in [0.15, 0.2) is 36.4 Å². The highest BCUT2D eigenvalue weighted by molar-refractivity contribution is 5.89. The molecule has 0 heterocycles. The Labute approximate surface area is 107 Å². The highest BCUT2D eigenvalue weighted by Gasteiger charge is 2.07. The Morgan fingerprint density at radius 2 is 2.17 bits per heavy atom. The van der Waals surface area contributed by atoms with Crippen molar-refractivity contribution in [1.82, 2.24) is 5.32 Å². The van der Waals surface area contributed by atoms with Crippen LogP contribution in [0.2, 0.25) is 0 Å². The molecule has 0 atom stereocenters. The highest BCUT2D eigenvalue weighted by atomic mass is 16.5. The van der Waals surface area contributed by atoms with Crippen molar-refractivity contribution < 1.29 is 14.6 Å². The molecule has 98 valence electrons. The lowest BCUT2D eigenvalue weighted by Gasteiger charge is -2.08. The van der Waals surface area contributed by atoms with Gasteiger partial charge in [0.15, 0.2) is 0 Å². The minimum atomic E-state index is -0.897. The van der Waals surface area contributed by atoms with E-state index in [0.29, 0.717) is 31.9 Å². The molecule has 0 bridgehead atoms. The van der Waals surface area contributed by atoms with E-state index >= 15 is 0 Å². The quantitative estimate of drug-likeness (QED) is 0.547. The first-order valence-corrected chi connectivity index (χ1v) is 5.85. The Kier molecular flexibility index (Phi) is 6.11. The van der Waals surface area contributed by atoms with Crippen LogP contribution in [0.3, 0.4) is 0 Å². The lowest BCUT2D eigenvalue weighted by molar-refractivity contribution is 0.0695. The van der Waals surface area contributed by atoms with Crippen molar-refractivity contribution in [2.45, 2.75) is 13.5 Å². The Hall–Kier alpha value is -1.65. The van der Waals surface area contributed by atoms with Crippen LogP contribution in [-0.4, -0.2) is 30.8 Å². The fourth-order valence-electron chi connectivity index (χ4n) is 1.50. The molecule has 2 N–H and O–H groups in total. The summed E-state index contributed by atoms with van der Waals surface area (Å²) in [6, 6.07) is 6.98. The first-order valence-electron chi connectivity index (χ1n) is 5.85. The van der Waals surface area contributed by atoms with Crippen molar-refractivity contribution in [3.8, 4) is 0 Å². The molecule has 0 saturated carbocycles. The largest absolute Gasteiger partial charge is 0.478 e. The average molecular weight is 249 g/mol. The van der Waals surface area contributed by atoms with E-state index in [9.17, 15) is 4.79 Å². The van der Waals surface area contributed by atoms with Crippen LogP contribution >= 0.6 is 0 Å². The number of hydrogen-bond donors (Lipinski definition) is 2. The highest BCUT2D eigenvalue weighted by Crippen LogP contribution is 2.08. The van der Waals surface area contributed by atoms with Crippen LogP contribution < -0.4 is 5.32 Å². The Morgan fingerprint density at radius 3 is 2.83 bits per heavy atom. The molecule has 0 fully saturated rings. The van der Waals surface area contributed by atoms with Gasteiger partial charge in [-0.15, -0.1) is 0 Å². The third kappa shape index (κ3) is 5.12. The smallest absolute Gasteiger partial charge is 0.336 e. The number of carboxylic acid groups (broad SMARTS) is 1. The van der Waals surface area contributed by atoms with E-state index in [0.717, 1.165) is 11.1 Å². The number of ether oxygens (including phenoxy) is 1. The molecule has 0 aliphatic carbocycles. The fraction of sp³-hybridized carbons (Fsp3) is 0.357. The lowest BCUT2D eigenvalue weighted by Crippen LogP contribution is -2.21. The van der Waals surface area contributed by atoms with Gasteiger partial charge in [-0.25, -0.2) is 4.79 Å². The molecular formula is C14H19NO3. The molecule has 0 unspecified atom stereocenters. The fourth-order valence-corrected chi connectivity index (χ4v) is 1.50. The topological polar surface area (TPSA) is 58.6 Å². The van der Waals surface area contributed by atoms with Gasteiger partial charge in [0.05, 0.1) is 18.8 Å². The van der Waals surface area contributed by atoms with E-state index in [1.165, 1.54) is 0 Å². The van der Waals surface area contributed by atoms with Gasteiger partial charge in [-0.05, 0) is 18.6 Å². The predicted molar refractivity (Wildman–Crippen MR) is 70.7 cm³/mol. The normalized spacial score (nSPS) is 10.3. The number of aromatic carboxylic acids is 1. The minimum Gasteiger partial charge on any atom is -0.478 e. The molecule has 4 heteroatoms. The zero-order valence-corrected chi connectivity index (χ0v) is 10.6. The molecule has 0 spiro atoms. The van der Waals surface area contributed by atoms with Gasteiger partial charge in [-0.1, -0.05) is 30.4 Å². The monoisotopic (exact) mass is 249 g/mol. The maximum Gasteiger partial charge on any atom is 0.336 e. The van der Waals surface area contributed by atoms with Gasteiger partial charge in [-0.3, -0.25) is 0 Å². The van der Waals surface area contributed by atoms with E-state index in [4.69, 9.17) is 9.84 Å². The molecule has 0 radical (unpaired) electrons. The van der Waals surface area contributed by atoms with Gasteiger partial charge in [-0.2, -0.15) is 0 Å². The first-order chi connectivity index (χ1) is 8.61. The summed E-state index contributed by atoms with van der Waals surface area (Å²) < 4.78 is 5.33. The molecule has 1 rings (SSSR count). The standard InChI is InChI=1S/C14H19NO3/c1-11(2)10-18-8-7-15-9-12-5-3-4-6-13(12)14(16)17/h3-6,15H,1,7-10H2,2H3,(H,16,17). The lowest BCUT2D eigenvalue weighted by atomic mass is 10.1. The summed E-state index contributed by atoms with van der Waals surface area (Å²) >= 11 is 0. The molecular weight excluding hydrogens is 230 g/mol. The van der Waals surface area contributed by atoms with Crippen molar-refractivity contribution in [3.63, 3.8) is 0 Å². The van der Waals surface area contributed by atoms with Gasteiger partial charge in [0, 0.05) is 13.1 Å². The van der Waals surface area contributed by atoms with Crippen molar-refractivity contribution in [3.05, 3.63) is 47.5 Å². The Morgan fingerprint density at radius 1 is 1.44 bits per heavy atom. The molecule has 0 aliphatic rings. The zero-order chi connectivity index (χ0) is 13.4. The van der Waals surface area contributed by atoms with Gasteiger partial charge in [0.1, 0.15) is 0 Å². The van der Waals surface area contributed by atoms with Gasteiger partial charge in [0.25, 0.3) is 0 Å². The number of carboxylic acids is 1. The second-order valence-electron chi connectivity index (χ2n) is 4.15. The van der Waals surface area contributed by atoms with Gasteiger partial charge >= 0.3 is 5.97 Å². The Bertz CT molecular complexity index is 415. The summed E-state index contributed by atoms with van der Waals surface area (Å²) in [5.41, 5.74) is 2.11. The molecule has 0 aromatic heterocycles. The summed E-state index contributed by atoms with van der Waals surface area (Å²) in [5, 5.41) is 12.2. The van der Waals surface area contributed by atoms with Crippen molar-refractivity contribution in [2.24, 2.45) is 0 Å². The molecule has 0 saturated heterocycles. The summed E-state index contributed by atoms with van der Waals surface area (Å²) in [6.07, 6.45) is 0. The molecule has 0 aliphatic heterocycles. The maximum absolute atomic E-state index is 11.0. The first kappa shape index (κ1) is 14.4. The van der Waals surface area contributed by atoms with Gasteiger partial charge < -0.3 is 15.2 Å². The van der Waals surface area contributed by atoms with Crippen LogP contribution in [0.1, 0.15) is 22.8 Å².